The summed E-state index contributed by atoms with van der Waals surface area (Å²) in [6.07, 6.45) is 7.73. The second kappa shape index (κ2) is 14.0. The van der Waals surface area contributed by atoms with E-state index >= 15 is 0 Å². The van der Waals surface area contributed by atoms with Crippen LogP contribution >= 0.6 is 46.4 Å². The van der Waals surface area contributed by atoms with E-state index in [2.05, 4.69) is 15.1 Å². The molecule has 2 heterocycles. The quantitative estimate of drug-likeness (QED) is 0.131. The van der Waals surface area contributed by atoms with Gasteiger partial charge in [0.05, 0.1) is 15.8 Å². The van der Waals surface area contributed by atoms with Crippen molar-refractivity contribution in [3.05, 3.63) is 128 Å². The van der Waals surface area contributed by atoms with Crippen molar-refractivity contribution >= 4 is 57.9 Å². The fourth-order valence-corrected chi connectivity index (χ4v) is 4.24. The van der Waals surface area contributed by atoms with Crippen LogP contribution in [-0.4, -0.2) is 28.6 Å². The number of benzene rings is 2. The van der Waals surface area contributed by atoms with Gasteiger partial charge in [-0.25, -0.2) is 0 Å². The predicted molar refractivity (Wildman–Crippen MR) is 147 cm³/mol. The molecule has 5 nitrogen and oxygen atoms in total. The second-order valence-corrected chi connectivity index (χ2v) is 9.16. The molecule has 0 aliphatic rings. The Morgan fingerprint density at radius 3 is 1.78 bits per heavy atom. The van der Waals surface area contributed by atoms with Crippen molar-refractivity contribution in [2.75, 3.05) is 7.11 Å². The summed E-state index contributed by atoms with van der Waals surface area (Å²) in [5.74, 6) is -0.0420. The van der Waals surface area contributed by atoms with E-state index in [0.717, 1.165) is 22.4 Å². The van der Waals surface area contributed by atoms with E-state index in [1.165, 1.54) is 7.11 Å². The highest BCUT2D eigenvalue weighted by atomic mass is 35.5. The maximum absolute atomic E-state index is 12.0. The number of pyridine rings is 2. The maximum Gasteiger partial charge on any atom is 0.168 e. The van der Waals surface area contributed by atoms with Gasteiger partial charge in [-0.2, -0.15) is 0 Å². The Morgan fingerprint density at radius 2 is 1.31 bits per heavy atom. The number of aromatic nitrogens is 2. The van der Waals surface area contributed by atoms with Gasteiger partial charge in [0.1, 0.15) is 7.11 Å². The highest BCUT2D eigenvalue weighted by molar-refractivity contribution is 6.37. The molecule has 0 unspecified atom stereocenters. The van der Waals surface area contributed by atoms with Crippen LogP contribution < -0.4 is 0 Å². The molecule has 0 radical (unpaired) electrons. The normalized spacial score (nSPS) is 10.9. The van der Waals surface area contributed by atoms with Gasteiger partial charge in [0, 0.05) is 58.8 Å². The molecule has 0 N–H and O–H groups in total. The minimum atomic E-state index is -0.0420. The van der Waals surface area contributed by atoms with Crippen LogP contribution in [0.25, 0.3) is 0 Å². The summed E-state index contributed by atoms with van der Waals surface area (Å²) >= 11 is 23.8. The van der Waals surface area contributed by atoms with E-state index in [4.69, 9.17) is 51.2 Å². The van der Waals surface area contributed by atoms with Crippen molar-refractivity contribution in [1.82, 2.24) is 9.97 Å². The van der Waals surface area contributed by atoms with E-state index in [9.17, 15) is 4.79 Å². The number of halogens is 4. The molecule has 2 aromatic heterocycles. The van der Waals surface area contributed by atoms with Crippen molar-refractivity contribution in [1.29, 1.82) is 0 Å². The standard InChI is InChI=1S/C14H12Cl2N2O.C13H9Cl2NO/c1-19-18-14(7-10-3-2-6-17-9-10)12-5-4-11(15)8-13(12)16;14-10-3-4-11(12(15)7-10)13(17)6-9-2-1-5-16-8-9/h2-6,8-9H,7H2,1H3;1-5,7-8H,6H2. The smallest absolute Gasteiger partial charge is 0.168 e. The monoisotopic (exact) mass is 559 g/mol. The zero-order chi connectivity index (χ0) is 25.9. The molecule has 0 saturated carbocycles. The van der Waals surface area contributed by atoms with Crippen LogP contribution in [0.4, 0.5) is 0 Å². The third-order valence-corrected chi connectivity index (χ3v) is 5.95. The zero-order valence-electron chi connectivity index (χ0n) is 19.2. The Balaban J connectivity index is 0.000000202. The molecule has 184 valence electrons. The van der Waals surface area contributed by atoms with Crippen molar-refractivity contribution in [3.8, 4) is 0 Å². The number of carbonyl (C=O) groups is 1. The Bertz CT molecular complexity index is 1330. The van der Waals surface area contributed by atoms with Gasteiger partial charge >= 0.3 is 0 Å². The Kier molecular flexibility index (Phi) is 10.7. The summed E-state index contributed by atoms with van der Waals surface area (Å²) in [5, 5.41) is 6.08. The van der Waals surface area contributed by atoms with E-state index in [-0.39, 0.29) is 12.2 Å². The zero-order valence-corrected chi connectivity index (χ0v) is 22.2. The van der Waals surface area contributed by atoms with Crippen LogP contribution in [-0.2, 0) is 17.7 Å². The van der Waals surface area contributed by atoms with Gasteiger partial charge in [-0.3, -0.25) is 14.8 Å². The van der Waals surface area contributed by atoms with Gasteiger partial charge in [-0.1, -0.05) is 69.8 Å². The van der Waals surface area contributed by atoms with Crippen LogP contribution in [0.5, 0.6) is 0 Å². The maximum atomic E-state index is 12.0. The molecule has 9 heteroatoms. The van der Waals surface area contributed by atoms with Crippen LogP contribution in [0.3, 0.4) is 0 Å². The van der Waals surface area contributed by atoms with E-state index in [1.807, 2.05) is 24.3 Å². The molecule has 0 atom stereocenters. The molecule has 2 aromatic carbocycles. The number of rotatable bonds is 7. The van der Waals surface area contributed by atoms with Crippen LogP contribution in [0.2, 0.25) is 20.1 Å². The van der Waals surface area contributed by atoms with Gasteiger partial charge in [0.2, 0.25) is 0 Å². The minimum absolute atomic E-state index is 0.0420. The molecule has 0 amide bonds. The molecule has 0 fully saturated rings. The summed E-state index contributed by atoms with van der Waals surface area (Å²) < 4.78 is 0. The number of nitrogens with zero attached hydrogens (tertiary/aromatic N) is 3. The van der Waals surface area contributed by atoms with Gasteiger partial charge in [-0.05, 0) is 53.6 Å². The molecule has 0 aliphatic heterocycles. The molecule has 0 aliphatic carbocycles. The summed E-state index contributed by atoms with van der Waals surface area (Å²) in [7, 11) is 1.51. The largest absolute Gasteiger partial charge is 0.399 e. The molecular weight excluding hydrogens is 540 g/mol. The number of oxime groups is 1. The lowest BCUT2D eigenvalue weighted by Crippen LogP contribution is -2.07. The average Bonchev–Trinajstić information content (AvgIpc) is 2.85. The number of hydrogen-bond donors (Lipinski definition) is 0. The van der Waals surface area contributed by atoms with Crippen molar-refractivity contribution in [2.24, 2.45) is 5.16 Å². The first kappa shape index (κ1) is 27.6. The summed E-state index contributed by atoms with van der Waals surface area (Å²) in [6.45, 7) is 0. The molecule has 0 spiro atoms. The number of ketones is 1. The summed E-state index contributed by atoms with van der Waals surface area (Å²) in [5.41, 5.74) is 3.92. The third kappa shape index (κ3) is 8.32. The lowest BCUT2D eigenvalue weighted by molar-refractivity contribution is 0.0993. The Morgan fingerprint density at radius 1 is 0.778 bits per heavy atom. The summed E-state index contributed by atoms with van der Waals surface area (Å²) in [4.78, 5) is 24.9. The highest BCUT2D eigenvalue weighted by Gasteiger charge is 2.12. The minimum Gasteiger partial charge on any atom is -0.399 e. The van der Waals surface area contributed by atoms with Crippen LogP contribution in [0, 0.1) is 0 Å². The predicted octanol–water partition coefficient (Wildman–Crippen LogP) is 7.80. The number of Topliss-reactive ketones (excluding diaryl/α,β-unsaturated/α-hetero) is 1. The lowest BCUT2D eigenvalue weighted by Gasteiger charge is -2.08. The van der Waals surface area contributed by atoms with Crippen molar-refractivity contribution < 1.29 is 9.63 Å². The third-order valence-electron chi connectivity index (χ3n) is 4.86. The Labute approximate surface area is 229 Å². The number of carbonyl (C=O) groups excluding carboxylic acids is 1. The fraction of sp³-hybridized carbons (Fsp3) is 0.111. The molecule has 0 saturated heterocycles. The molecule has 36 heavy (non-hydrogen) atoms. The van der Waals surface area contributed by atoms with E-state index in [0.29, 0.717) is 32.1 Å². The fourth-order valence-electron chi connectivity index (χ4n) is 3.21. The van der Waals surface area contributed by atoms with Crippen molar-refractivity contribution in [3.63, 3.8) is 0 Å². The van der Waals surface area contributed by atoms with Crippen LogP contribution in [0.15, 0.2) is 90.6 Å². The van der Waals surface area contributed by atoms with Crippen LogP contribution in [0.1, 0.15) is 27.0 Å². The Hall–Kier alpha value is -2.96. The van der Waals surface area contributed by atoms with Crippen molar-refractivity contribution in [2.45, 2.75) is 12.8 Å². The molecule has 4 rings (SSSR count). The van der Waals surface area contributed by atoms with Gasteiger partial charge in [0.15, 0.2) is 5.78 Å². The highest BCUT2D eigenvalue weighted by Crippen LogP contribution is 2.24. The van der Waals surface area contributed by atoms with E-state index < -0.39 is 0 Å². The van der Waals surface area contributed by atoms with E-state index in [1.54, 1.807) is 61.2 Å². The average molecular weight is 561 g/mol. The first-order valence-corrected chi connectivity index (χ1v) is 12.2. The molecular formula is C27H21Cl4N3O2. The molecule has 0 bridgehead atoms. The van der Waals surface area contributed by atoms with Gasteiger partial charge < -0.3 is 4.84 Å². The summed E-state index contributed by atoms with van der Waals surface area (Å²) in [6, 6.07) is 17.7. The number of hydrogen-bond acceptors (Lipinski definition) is 5. The molecule has 4 aromatic rings. The van der Waals surface area contributed by atoms with Gasteiger partial charge in [-0.15, -0.1) is 0 Å². The lowest BCUT2D eigenvalue weighted by atomic mass is 10.0. The topological polar surface area (TPSA) is 64.4 Å². The second-order valence-electron chi connectivity index (χ2n) is 7.47. The van der Waals surface area contributed by atoms with Gasteiger partial charge in [0.25, 0.3) is 0 Å². The first-order chi connectivity index (χ1) is 17.4. The first-order valence-electron chi connectivity index (χ1n) is 10.7. The SMILES string of the molecule is CON=C(Cc1cccnc1)c1ccc(Cl)cc1Cl.O=C(Cc1cccnc1)c1ccc(Cl)cc1Cl.